The number of benzene rings is 1. The van der Waals surface area contributed by atoms with Gasteiger partial charge in [0.15, 0.2) is 5.82 Å². The van der Waals surface area contributed by atoms with Gasteiger partial charge in [-0.15, -0.1) is 0 Å². The zero-order valence-corrected chi connectivity index (χ0v) is 13.9. The van der Waals surface area contributed by atoms with Crippen molar-refractivity contribution in [3.63, 3.8) is 0 Å². The summed E-state index contributed by atoms with van der Waals surface area (Å²) in [5.74, 6) is 1.13. The van der Waals surface area contributed by atoms with Gasteiger partial charge < -0.3 is 9.84 Å². The van der Waals surface area contributed by atoms with Gasteiger partial charge in [-0.1, -0.05) is 33.2 Å². The van der Waals surface area contributed by atoms with Crippen LogP contribution in [0.25, 0.3) is 22.8 Å². The summed E-state index contributed by atoms with van der Waals surface area (Å²) in [5.41, 5.74) is 2.58. The summed E-state index contributed by atoms with van der Waals surface area (Å²) in [5, 5.41) is 14.4. The molecule has 3 aromatic rings. The fourth-order valence-electron chi connectivity index (χ4n) is 2.02. The second-order valence-electron chi connectivity index (χ2n) is 5.08. The summed E-state index contributed by atoms with van der Waals surface area (Å²) < 4.78 is 6.33. The average Bonchev–Trinajstić information content (AvgIpc) is 3.17. The molecule has 2 aromatic heterocycles. The number of likely N-dealkylation sites (N-methyl/N-ethyl adjacent to an activating group) is 1. The van der Waals surface area contributed by atoms with Crippen LogP contribution < -0.4 is 5.32 Å². The molecule has 2 N–H and O–H groups in total. The number of aromatic nitrogens is 4. The molecule has 0 amide bonds. The topological polar surface area (TPSA) is 79.6 Å². The van der Waals surface area contributed by atoms with Gasteiger partial charge in [-0.25, -0.2) is 0 Å². The van der Waals surface area contributed by atoms with Crippen molar-refractivity contribution in [2.45, 2.75) is 19.4 Å². The zero-order chi connectivity index (χ0) is 15.5. The lowest BCUT2D eigenvalue weighted by molar-refractivity contribution is 0.417. The molecule has 1 atom stereocenters. The van der Waals surface area contributed by atoms with E-state index in [4.69, 9.17) is 4.52 Å². The summed E-state index contributed by atoms with van der Waals surface area (Å²) in [6, 6.07) is 10.2. The van der Waals surface area contributed by atoms with Crippen molar-refractivity contribution in [2.24, 2.45) is 0 Å². The first kappa shape index (κ1) is 14.9. The van der Waals surface area contributed by atoms with E-state index >= 15 is 0 Å². The Morgan fingerprint density at radius 2 is 2.09 bits per heavy atom. The van der Waals surface area contributed by atoms with Gasteiger partial charge in [0, 0.05) is 22.5 Å². The SMILES string of the molecule is CNC(C)Cc1noc(-c2cc(-c3ccc(Br)cc3)n[nH]2)n1. The molecule has 0 fully saturated rings. The number of H-pyrrole nitrogens is 1. The second kappa shape index (κ2) is 6.41. The molecule has 114 valence electrons. The van der Waals surface area contributed by atoms with Gasteiger partial charge in [0.25, 0.3) is 5.89 Å². The van der Waals surface area contributed by atoms with Crippen LogP contribution in [0.2, 0.25) is 0 Å². The molecule has 3 rings (SSSR count). The van der Waals surface area contributed by atoms with Crippen LogP contribution in [0.15, 0.2) is 39.3 Å². The number of hydrogen-bond acceptors (Lipinski definition) is 5. The minimum Gasteiger partial charge on any atom is -0.332 e. The van der Waals surface area contributed by atoms with E-state index in [1.165, 1.54) is 0 Å². The first-order valence-electron chi connectivity index (χ1n) is 6.97. The summed E-state index contributed by atoms with van der Waals surface area (Å²) in [7, 11) is 1.91. The Kier molecular flexibility index (Phi) is 4.35. The number of nitrogens with one attached hydrogen (secondary N) is 2. The van der Waals surface area contributed by atoms with E-state index in [0.717, 1.165) is 15.7 Å². The fourth-order valence-corrected chi connectivity index (χ4v) is 2.29. The molecule has 0 saturated heterocycles. The van der Waals surface area contributed by atoms with E-state index in [-0.39, 0.29) is 0 Å². The number of halogens is 1. The fraction of sp³-hybridized carbons (Fsp3) is 0.267. The summed E-state index contributed by atoms with van der Waals surface area (Å²) in [6.07, 6.45) is 0.716. The Morgan fingerprint density at radius 3 is 2.82 bits per heavy atom. The number of nitrogens with zero attached hydrogens (tertiary/aromatic N) is 3. The van der Waals surface area contributed by atoms with E-state index in [1.807, 2.05) is 37.4 Å². The predicted molar refractivity (Wildman–Crippen MR) is 87.2 cm³/mol. The molecular formula is C15H16BrN5O. The highest BCUT2D eigenvalue weighted by Gasteiger charge is 2.14. The quantitative estimate of drug-likeness (QED) is 0.729. The molecule has 1 unspecified atom stereocenters. The summed E-state index contributed by atoms with van der Waals surface area (Å²) in [6.45, 7) is 2.07. The molecule has 7 heteroatoms. The number of hydrogen-bond donors (Lipinski definition) is 2. The highest BCUT2D eigenvalue weighted by atomic mass is 79.9. The van der Waals surface area contributed by atoms with Gasteiger partial charge in [-0.05, 0) is 32.2 Å². The maximum absolute atomic E-state index is 5.30. The molecular weight excluding hydrogens is 346 g/mol. The minimum absolute atomic E-state index is 0.297. The Morgan fingerprint density at radius 1 is 1.32 bits per heavy atom. The van der Waals surface area contributed by atoms with Gasteiger partial charge in [0.1, 0.15) is 5.69 Å². The molecule has 0 saturated carbocycles. The molecule has 1 aromatic carbocycles. The van der Waals surface area contributed by atoms with Crippen LogP contribution in [-0.2, 0) is 6.42 Å². The average molecular weight is 362 g/mol. The number of aromatic amines is 1. The van der Waals surface area contributed by atoms with Crippen LogP contribution in [0.5, 0.6) is 0 Å². The highest BCUT2D eigenvalue weighted by molar-refractivity contribution is 9.10. The second-order valence-corrected chi connectivity index (χ2v) is 6.00. The molecule has 0 aliphatic heterocycles. The van der Waals surface area contributed by atoms with Crippen LogP contribution in [0.3, 0.4) is 0 Å². The standard InChI is InChI=1S/C15H16BrN5O/c1-9(17-2)7-14-18-15(22-21-14)13-8-12(19-20-13)10-3-5-11(16)6-4-10/h3-6,8-9,17H,7H2,1-2H3,(H,19,20). The molecule has 0 radical (unpaired) electrons. The third kappa shape index (κ3) is 3.26. The normalized spacial score (nSPS) is 12.5. The van der Waals surface area contributed by atoms with Crippen molar-refractivity contribution in [1.82, 2.24) is 25.7 Å². The first-order valence-corrected chi connectivity index (χ1v) is 7.76. The number of rotatable bonds is 5. The van der Waals surface area contributed by atoms with E-state index in [0.29, 0.717) is 29.9 Å². The Balaban J connectivity index is 1.80. The summed E-state index contributed by atoms with van der Waals surface area (Å²) in [4.78, 5) is 4.39. The van der Waals surface area contributed by atoms with Crippen molar-refractivity contribution in [1.29, 1.82) is 0 Å². The van der Waals surface area contributed by atoms with Crippen molar-refractivity contribution in [2.75, 3.05) is 7.05 Å². The van der Waals surface area contributed by atoms with Gasteiger partial charge >= 0.3 is 0 Å². The lowest BCUT2D eigenvalue weighted by atomic mass is 10.1. The first-order chi connectivity index (χ1) is 10.7. The van der Waals surface area contributed by atoms with Crippen LogP contribution >= 0.6 is 15.9 Å². The molecule has 22 heavy (non-hydrogen) atoms. The Labute approximate surface area is 136 Å². The van der Waals surface area contributed by atoms with Crippen LogP contribution in [0, 0.1) is 0 Å². The lowest BCUT2D eigenvalue weighted by Crippen LogP contribution is -2.24. The van der Waals surface area contributed by atoms with E-state index < -0.39 is 0 Å². The largest absolute Gasteiger partial charge is 0.332 e. The highest BCUT2D eigenvalue weighted by Crippen LogP contribution is 2.24. The van der Waals surface area contributed by atoms with Crippen LogP contribution in [0.1, 0.15) is 12.7 Å². The van der Waals surface area contributed by atoms with Crippen molar-refractivity contribution in [3.05, 3.63) is 40.6 Å². The predicted octanol–water partition coefficient (Wildman–Crippen LogP) is 3.04. The van der Waals surface area contributed by atoms with E-state index in [2.05, 4.69) is 48.5 Å². The van der Waals surface area contributed by atoms with E-state index in [1.54, 1.807) is 0 Å². The van der Waals surface area contributed by atoms with Crippen molar-refractivity contribution < 1.29 is 4.52 Å². The van der Waals surface area contributed by atoms with Crippen molar-refractivity contribution in [3.8, 4) is 22.8 Å². The van der Waals surface area contributed by atoms with Gasteiger partial charge in [0.05, 0.1) is 5.69 Å². The van der Waals surface area contributed by atoms with Gasteiger partial charge in [-0.3, -0.25) is 5.10 Å². The zero-order valence-electron chi connectivity index (χ0n) is 12.3. The maximum atomic E-state index is 5.30. The minimum atomic E-state index is 0.297. The van der Waals surface area contributed by atoms with Gasteiger partial charge in [-0.2, -0.15) is 10.1 Å². The van der Waals surface area contributed by atoms with Crippen LogP contribution in [0.4, 0.5) is 0 Å². The van der Waals surface area contributed by atoms with Crippen molar-refractivity contribution >= 4 is 15.9 Å². The molecule has 6 nitrogen and oxygen atoms in total. The Hall–Kier alpha value is -1.99. The lowest BCUT2D eigenvalue weighted by Gasteiger charge is -2.04. The molecule has 2 heterocycles. The molecule has 0 spiro atoms. The molecule has 0 aliphatic rings. The Bertz CT molecular complexity index is 749. The van der Waals surface area contributed by atoms with E-state index in [9.17, 15) is 0 Å². The van der Waals surface area contributed by atoms with Crippen LogP contribution in [-0.4, -0.2) is 33.4 Å². The third-order valence-corrected chi connectivity index (χ3v) is 3.93. The molecule has 0 bridgehead atoms. The third-order valence-electron chi connectivity index (χ3n) is 3.40. The van der Waals surface area contributed by atoms with Gasteiger partial charge in [0.2, 0.25) is 0 Å². The maximum Gasteiger partial charge on any atom is 0.275 e. The monoisotopic (exact) mass is 361 g/mol. The molecule has 0 aliphatic carbocycles. The smallest absolute Gasteiger partial charge is 0.275 e. The summed E-state index contributed by atoms with van der Waals surface area (Å²) >= 11 is 3.42.